The molecule has 0 bridgehead atoms. The van der Waals surface area contributed by atoms with E-state index in [2.05, 4.69) is 0 Å². The molecule has 0 aromatic carbocycles. The fourth-order valence-corrected chi connectivity index (χ4v) is 1.83. The number of piperazine rings is 1. The minimum absolute atomic E-state index is 0.0909. The summed E-state index contributed by atoms with van der Waals surface area (Å²) in [5.41, 5.74) is 5.40. The lowest BCUT2D eigenvalue weighted by Crippen LogP contribution is -2.55. The molecule has 6 heteroatoms. The van der Waals surface area contributed by atoms with Crippen molar-refractivity contribution in [1.82, 2.24) is 14.7 Å². The number of nitrogens with one attached hydrogen (secondary N) is 1. The second kappa shape index (κ2) is 5.58. The van der Waals surface area contributed by atoms with E-state index < -0.39 is 0 Å². The van der Waals surface area contributed by atoms with Crippen LogP contribution in [0.25, 0.3) is 0 Å². The van der Waals surface area contributed by atoms with Crippen molar-refractivity contribution in [2.75, 3.05) is 39.3 Å². The molecule has 0 saturated carbocycles. The Morgan fingerprint density at radius 2 is 1.62 bits per heavy atom. The average Bonchev–Trinajstić information content (AvgIpc) is 2.30. The predicted octanol–water partition coefficient (Wildman–Crippen LogP) is -0.0407. The van der Waals surface area contributed by atoms with Crippen LogP contribution in [0.4, 0.5) is 4.79 Å². The van der Waals surface area contributed by atoms with Gasteiger partial charge in [-0.25, -0.2) is 4.79 Å². The molecule has 1 saturated heterocycles. The monoisotopic (exact) mass is 227 g/mol. The van der Waals surface area contributed by atoms with Gasteiger partial charge in [0.25, 0.3) is 0 Å². The van der Waals surface area contributed by atoms with E-state index in [0.717, 1.165) is 13.1 Å². The van der Waals surface area contributed by atoms with Crippen LogP contribution in [-0.4, -0.2) is 66.0 Å². The van der Waals surface area contributed by atoms with Crippen LogP contribution < -0.4 is 5.73 Å². The van der Waals surface area contributed by atoms with Crippen LogP contribution in [0.1, 0.15) is 13.8 Å². The van der Waals surface area contributed by atoms with Gasteiger partial charge in [0.2, 0.25) is 0 Å². The Bertz CT molecular complexity index is 256. The van der Waals surface area contributed by atoms with Gasteiger partial charge in [-0.15, -0.1) is 0 Å². The van der Waals surface area contributed by atoms with Gasteiger partial charge in [-0.2, -0.15) is 0 Å². The molecule has 0 aliphatic carbocycles. The molecule has 1 heterocycles. The summed E-state index contributed by atoms with van der Waals surface area (Å²) in [6.07, 6.45) is 0. The summed E-state index contributed by atoms with van der Waals surface area (Å²) >= 11 is 0. The fourth-order valence-electron chi connectivity index (χ4n) is 1.83. The van der Waals surface area contributed by atoms with E-state index in [0.29, 0.717) is 26.2 Å². The first kappa shape index (κ1) is 12.6. The number of urea groups is 1. The second-order valence-electron chi connectivity index (χ2n) is 3.81. The molecule has 1 aliphatic rings. The van der Waals surface area contributed by atoms with Gasteiger partial charge in [0.05, 0.1) is 0 Å². The molecular formula is C10H21N5O. The van der Waals surface area contributed by atoms with Crippen molar-refractivity contribution in [3.8, 4) is 0 Å². The van der Waals surface area contributed by atoms with Crippen LogP contribution in [-0.2, 0) is 0 Å². The molecule has 0 atom stereocenters. The largest absolute Gasteiger partial charge is 0.370 e. The smallest absolute Gasteiger partial charge is 0.320 e. The number of rotatable bonds is 2. The highest BCUT2D eigenvalue weighted by atomic mass is 16.2. The quantitative estimate of drug-likeness (QED) is 0.513. The lowest BCUT2D eigenvalue weighted by molar-refractivity contribution is 0.135. The molecule has 0 spiro atoms. The van der Waals surface area contributed by atoms with E-state index in [1.54, 1.807) is 4.90 Å². The van der Waals surface area contributed by atoms with Crippen LogP contribution in [0.2, 0.25) is 0 Å². The highest BCUT2D eigenvalue weighted by molar-refractivity contribution is 5.76. The van der Waals surface area contributed by atoms with Gasteiger partial charge in [-0.3, -0.25) is 5.41 Å². The summed E-state index contributed by atoms with van der Waals surface area (Å²) in [4.78, 5) is 17.4. The van der Waals surface area contributed by atoms with Crippen molar-refractivity contribution in [3.05, 3.63) is 0 Å². The zero-order valence-corrected chi connectivity index (χ0v) is 10.1. The number of nitrogens with two attached hydrogens (primary N) is 1. The SMILES string of the molecule is CCN(CC)C(=O)N1CCN(C(=N)N)CC1. The summed E-state index contributed by atoms with van der Waals surface area (Å²) in [5, 5.41) is 7.31. The van der Waals surface area contributed by atoms with Gasteiger partial charge in [-0.05, 0) is 13.8 Å². The Hall–Kier alpha value is -1.46. The predicted molar refractivity (Wildman–Crippen MR) is 63.4 cm³/mol. The number of guanidine groups is 1. The molecule has 0 aromatic heterocycles. The first-order valence-corrected chi connectivity index (χ1v) is 5.73. The molecular weight excluding hydrogens is 206 g/mol. The minimum atomic E-state index is 0.0909. The number of carbonyl (C=O) groups excluding carboxylic acids is 1. The third kappa shape index (κ3) is 2.77. The van der Waals surface area contributed by atoms with Crippen molar-refractivity contribution < 1.29 is 4.79 Å². The first-order chi connectivity index (χ1) is 7.60. The van der Waals surface area contributed by atoms with Crippen molar-refractivity contribution in [1.29, 1.82) is 5.41 Å². The van der Waals surface area contributed by atoms with Gasteiger partial charge >= 0.3 is 6.03 Å². The molecule has 3 N–H and O–H groups in total. The van der Waals surface area contributed by atoms with E-state index >= 15 is 0 Å². The topological polar surface area (TPSA) is 76.7 Å². The van der Waals surface area contributed by atoms with Crippen LogP contribution in [0, 0.1) is 5.41 Å². The molecule has 1 aliphatic heterocycles. The Morgan fingerprint density at radius 3 is 2.00 bits per heavy atom. The molecule has 6 nitrogen and oxygen atoms in total. The number of amides is 2. The van der Waals surface area contributed by atoms with E-state index in [1.165, 1.54) is 0 Å². The maximum Gasteiger partial charge on any atom is 0.320 e. The molecule has 0 aromatic rings. The van der Waals surface area contributed by atoms with Crippen molar-refractivity contribution >= 4 is 12.0 Å². The Kier molecular flexibility index (Phi) is 4.39. The summed E-state index contributed by atoms with van der Waals surface area (Å²) < 4.78 is 0. The Balaban J connectivity index is 2.47. The van der Waals surface area contributed by atoms with Gasteiger partial charge in [0.1, 0.15) is 0 Å². The highest BCUT2D eigenvalue weighted by Crippen LogP contribution is 2.05. The van der Waals surface area contributed by atoms with Crippen molar-refractivity contribution in [3.63, 3.8) is 0 Å². The molecule has 92 valence electrons. The first-order valence-electron chi connectivity index (χ1n) is 5.73. The van der Waals surface area contributed by atoms with Crippen molar-refractivity contribution in [2.24, 2.45) is 5.73 Å². The second-order valence-corrected chi connectivity index (χ2v) is 3.81. The van der Waals surface area contributed by atoms with Gasteiger partial charge in [-0.1, -0.05) is 0 Å². The summed E-state index contributed by atoms with van der Waals surface area (Å²) in [7, 11) is 0. The van der Waals surface area contributed by atoms with Crippen LogP contribution in [0.5, 0.6) is 0 Å². The third-order valence-corrected chi connectivity index (χ3v) is 2.92. The van der Waals surface area contributed by atoms with Crippen LogP contribution in [0.15, 0.2) is 0 Å². The van der Waals surface area contributed by atoms with Gasteiger partial charge < -0.3 is 20.4 Å². The third-order valence-electron chi connectivity index (χ3n) is 2.92. The number of hydrogen-bond donors (Lipinski definition) is 2. The molecule has 0 unspecified atom stereocenters. The fraction of sp³-hybridized carbons (Fsp3) is 0.800. The zero-order valence-electron chi connectivity index (χ0n) is 10.1. The zero-order chi connectivity index (χ0) is 12.1. The van der Waals surface area contributed by atoms with E-state index in [9.17, 15) is 4.79 Å². The standard InChI is InChI=1S/C10H21N5O/c1-3-13(4-2)10(16)15-7-5-14(6-8-15)9(11)12/h3-8H2,1-2H3,(H3,11,12). The molecule has 0 radical (unpaired) electrons. The molecule has 16 heavy (non-hydrogen) atoms. The van der Waals surface area contributed by atoms with E-state index in [1.807, 2.05) is 23.6 Å². The average molecular weight is 227 g/mol. The Labute approximate surface area is 96.5 Å². The van der Waals surface area contributed by atoms with Crippen molar-refractivity contribution in [2.45, 2.75) is 13.8 Å². The maximum absolute atomic E-state index is 12.0. The van der Waals surface area contributed by atoms with Crippen LogP contribution in [0.3, 0.4) is 0 Å². The maximum atomic E-state index is 12.0. The van der Waals surface area contributed by atoms with E-state index in [-0.39, 0.29) is 12.0 Å². The molecule has 2 amide bonds. The summed E-state index contributed by atoms with van der Waals surface area (Å²) in [6.45, 7) is 8.04. The van der Waals surface area contributed by atoms with Gasteiger partial charge in [0.15, 0.2) is 5.96 Å². The lowest BCUT2D eigenvalue weighted by Gasteiger charge is -2.37. The number of nitrogens with zero attached hydrogens (tertiary/aromatic N) is 3. The van der Waals surface area contributed by atoms with Gasteiger partial charge in [0, 0.05) is 39.3 Å². The number of hydrogen-bond acceptors (Lipinski definition) is 2. The Morgan fingerprint density at radius 1 is 1.19 bits per heavy atom. The summed E-state index contributed by atoms with van der Waals surface area (Å²) in [6, 6.07) is 0.0909. The normalized spacial score (nSPS) is 16.1. The molecule has 1 fully saturated rings. The minimum Gasteiger partial charge on any atom is -0.370 e. The number of carbonyl (C=O) groups is 1. The summed E-state index contributed by atoms with van der Waals surface area (Å²) in [5.74, 6) is 0.0925. The van der Waals surface area contributed by atoms with E-state index in [4.69, 9.17) is 11.1 Å². The lowest BCUT2D eigenvalue weighted by atomic mass is 10.3. The van der Waals surface area contributed by atoms with Crippen LogP contribution >= 0.6 is 0 Å². The molecule has 1 rings (SSSR count). The highest BCUT2D eigenvalue weighted by Gasteiger charge is 2.23.